The molecule has 4 rings (SSSR count). The van der Waals surface area contributed by atoms with Gasteiger partial charge in [-0.15, -0.1) is 0 Å². The third-order valence-electron chi connectivity index (χ3n) is 4.98. The van der Waals surface area contributed by atoms with Crippen molar-refractivity contribution >= 4 is 5.91 Å². The Kier molecular flexibility index (Phi) is 4.83. The highest BCUT2D eigenvalue weighted by Crippen LogP contribution is 2.41. The van der Waals surface area contributed by atoms with Gasteiger partial charge in [-0.25, -0.2) is 4.98 Å². The van der Waals surface area contributed by atoms with Crippen LogP contribution in [0, 0.1) is 0 Å². The summed E-state index contributed by atoms with van der Waals surface area (Å²) in [5.41, 5.74) is 1.62. The second-order valence-corrected chi connectivity index (χ2v) is 8.04. The molecule has 1 N–H and O–H groups in total. The van der Waals surface area contributed by atoms with Gasteiger partial charge in [0.1, 0.15) is 5.60 Å². The Hall–Kier alpha value is -2.83. The molecule has 0 bridgehead atoms. The molecule has 2 aliphatic rings. The van der Waals surface area contributed by atoms with Crippen LogP contribution >= 0.6 is 0 Å². The van der Waals surface area contributed by atoms with Gasteiger partial charge in [-0.05, 0) is 32.8 Å². The first-order chi connectivity index (χ1) is 13.4. The van der Waals surface area contributed by atoms with Crippen LogP contribution in [0.2, 0.25) is 0 Å². The molecule has 1 saturated carbocycles. The molecule has 0 atom stereocenters. The largest absolute Gasteiger partial charge is 0.483 e. The first-order valence-electron chi connectivity index (χ1n) is 9.68. The number of nitrogens with zero attached hydrogens (tertiary/aromatic N) is 2. The molecule has 0 saturated heterocycles. The van der Waals surface area contributed by atoms with Gasteiger partial charge in [0.2, 0.25) is 0 Å². The van der Waals surface area contributed by atoms with E-state index in [1.807, 2.05) is 26.0 Å². The van der Waals surface area contributed by atoms with Gasteiger partial charge in [0.25, 0.3) is 11.5 Å². The molecule has 1 aromatic heterocycles. The number of ether oxygens (including phenoxy) is 2. The Morgan fingerprint density at radius 3 is 2.96 bits per heavy atom. The third-order valence-corrected chi connectivity index (χ3v) is 4.98. The van der Waals surface area contributed by atoms with Crippen molar-refractivity contribution in [3.63, 3.8) is 0 Å². The van der Waals surface area contributed by atoms with Crippen molar-refractivity contribution in [3.8, 4) is 11.5 Å². The minimum absolute atomic E-state index is 0.0815. The summed E-state index contributed by atoms with van der Waals surface area (Å²) in [4.78, 5) is 28.5. The van der Waals surface area contributed by atoms with Crippen LogP contribution in [0.3, 0.4) is 0 Å². The van der Waals surface area contributed by atoms with Crippen LogP contribution in [0.25, 0.3) is 0 Å². The zero-order valence-corrected chi connectivity index (χ0v) is 16.2. The fourth-order valence-electron chi connectivity index (χ4n) is 3.42. The quantitative estimate of drug-likeness (QED) is 0.791. The molecule has 1 aliphatic carbocycles. The predicted octanol–water partition coefficient (Wildman–Crippen LogP) is 2.03. The van der Waals surface area contributed by atoms with E-state index in [9.17, 15) is 9.59 Å². The van der Waals surface area contributed by atoms with E-state index in [-0.39, 0.29) is 23.7 Å². The van der Waals surface area contributed by atoms with Crippen molar-refractivity contribution < 1.29 is 14.3 Å². The maximum absolute atomic E-state index is 12.1. The monoisotopic (exact) mass is 383 g/mol. The second-order valence-electron chi connectivity index (χ2n) is 8.04. The Labute approximate surface area is 163 Å². The van der Waals surface area contributed by atoms with Gasteiger partial charge in [0.05, 0.1) is 12.0 Å². The smallest absolute Gasteiger partial charge is 0.258 e. The number of fused-ring (bicyclic) bond motifs is 1. The Balaban J connectivity index is 1.26. The topological polar surface area (TPSA) is 82.5 Å². The molecule has 2 aromatic rings. The molecule has 0 radical (unpaired) electrons. The van der Waals surface area contributed by atoms with E-state index in [4.69, 9.17) is 9.47 Å². The summed E-state index contributed by atoms with van der Waals surface area (Å²) < 4.78 is 13.1. The maximum Gasteiger partial charge on any atom is 0.258 e. The van der Waals surface area contributed by atoms with Gasteiger partial charge in [0.15, 0.2) is 18.1 Å². The number of benzene rings is 1. The number of amides is 1. The highest BCUT2D eigenvalue weighted by atomic mass is 16.5. The van der Waals surface area contributed by atoms with Gasteiger partial charge in [-0.2, -0.15) is 0 Å². The molecule has 1 aromatic carbocycles. The second kappa shape index (κ2) is 7.30. The van der Waals surface area contributed by atoms with Gasteiger partial charge >= 0.3 is 0 Å². The lowest BCUT2D eigenvalue weighted by Gasteiger charge is -2.18. The molecule has 1 amide bonds. The summed E-state index contributed by atoms with van der Waals surface area (Å²) in [5.74, 6) is 1.50. The van der Waals surface area contributed by atoms with Crippen LogP contribution in [-0.4, -0.2) is 34.2 Å². The lowest BCUT2D eigenvalue weighted by Crippen LogP contribution is -2.33. The molecular weight excluding hydrogens is 358 g/mol. The minimum atomic E-state index is -0.263. The lowest BCUT2D eigenvalue weighted by atomic mass is 10.0. The summed E-state index contributed by atoms with van der Waals surface area (Å²) in [6.07, 6.45) is 4.60. The molecule has 1 aliphatic heterocycles. The highest BCUT2D eigenvalue weighted by molar-refractivity contribution is 5.77. The fraction of sp³-hybridized carbons (Fsp3) is 0.476. The number of carbonyl (C=O) groups excluding carboxylic acids is 1. The van der Waals surface area contributed by atoms with Crippen LogP contribution in [0.15, 0.2) is 35.4 Å². The van der Waals surface area contributed by atoms with Gasteiger partial charge in [-0.1, -0.05) is 12.1 Å². The first-order valence-corrected chi connectivity index (χ1v) is 9.68. The SMILES string of the molecule is CC1(C)Cc2cccc(OCC(=O)NCCn3cnc(C4CC4)cc3=O)c2O1. The van der Waals surface area contributed by atoms with Gasteiger partial charge < -0.3 is 14.8 Å². The summed E-state index contributed by atoms with van der Waals surface area (Å²) in [5, 5.41) is 2.77. The fourth-order valence-corrected chi connectivity index (χ4v) is 3.42. The summed E-state index contributed by atoms with van der Waals surface area (Å²) >= 11 is 0. The average Bonchev–Trinajstić information content (AvgIpc) is 3.43. The van der Waals surface area contributed by atoms with Crippen molar-refractivity contribution in [1.82, 2.24) is 14.9 Å². The Morgan fingerprint density at radius 1 is 1.39 bits per heavy atom. The zero-order valence-electron chi connectivity index (χ0n) is 16.2. The van der Waals surface area contributed by atoms with Crippen LogP contribution in [-0.2, 0) is 17.8 Å². The minimum Gasteiger partial charge on any atom is -0.483 e. The van der Waals surface area contributed by atoms with Crippen LogP contribution in [0.4, 0.5) is 0 Å². The third kappa shape index (κ3) is 4.18. The normalized spacial score (nSPS) is 16.9. The number of aromatic nitrogens is 2. The number of hydrogen-bond donors (Lipinski definition) is 1. The van der Waals surface area contributed by atoms with E-state index >= 15 is 0 Å². The van der Waals surface area contributed by atoms with Gasteiger partial charge in [0, 0.05) is 37.1 Å². The Bertz CT molecular complexity index is 947. The number of carbonyl (C=O) groups is 1. The first kappa shape index (κ1) is 18.5. The summed E-state index contributed by atoms with van der Waals surface area (Å²) in [6, 6.07) is 7.32. The van der Waals surface area contributed by atoms with Crippen LogP contribution in [0.1, 0.15) is 43.9 Å². The molecule has 1 fully saturated rings. The van der Waals surface area contributed by atoms with E-state index in [2.05, 4.69) is 10.3 Å². The molecule has 0 spiro atoms. The van der Waals surface area contributed by atoms with Crippen molar-refractivity contribution in [2.24, 2.45) is 0 Å². The van der Waals surface area contributed by atoms with Crippen LogP contribution < -0.4 is 20.3 Å². The number of rotatable bonds is 7. The molecule has 2 heterocycles. The molecular formula is C21H25N3O4. The lowest BCUT2D eigenvalue weighted by molar-refractivity contribution is -0.123. The van der Waals surface area contributed by atoms with Crippen LogP contribution in [0.5, 0.6) is 11.5 Å². The van der Waals surface area contributed by atoms with E-state index in [0.717, 1.165) is 30.5 Å². The Morgan fingerprint density at radius 2 is 2.21 bits per heavy atom. The van der Waals surface area contributed by atoms with E-state index in [1.54, 1.807) is 18.5 Å². The van der Waals surface area contributed by atoms with E-state index in [0.29, 0.717) is 30.5 Å². The van der Waals surface area contributed by atoms with E-state index in [1.165, 1.54) is 4.57 Å². The molecule has 0 unspecified atom stereocenters. The number of nitrogens with one attached hydrogen (secondary N) is 1. The molecule has 148 valence electrons. The number of hydrogen-bond acceptors (Lipinski definition) is 5. The van der Waals surface area contributed by atoms with Crippen molar-refractivity contribution in [2.75, 3.05) is 13.2 Å². The summed E-state index contributed by atoms with van der Waals surface area (Å²) in [7, 11) is 0. The van der Waals surface area contributed by atoms with Crippen molar-refractivity contribution in [1.29, 1.82) is 0 Å². The predicted molar refractivity (Wildman–Crippen MR) is 104 cm³/mol. The van der Waals surface area contributed by atoms with Gasteiger partial charge in [-0.3, -0.25) is 14.2 Å². The molecule has 7 heteroatoms. The van der Waals surface area contributed by atoms with Crippen molar-refractivity contribution in [2.45, 2.75) is 51.2 Å². The maximum atomic E-state index is 12.1. The zero-order chi connectivity index (χ0) is 19.7. The molecule has 28 heavy (non-hydrogen) atoms. The number of para-hydroxylation sites is 1. The van der Waals surface area contributed by atoms with Crippen molar-refractivity contribution in [3.05, 3.63) is 52.2 Å². The average molecular weight is 383 g/mol. The standard InChI is InChI=1S/C21H25N3O4/c1-21(2)11-15-4-3-5-17(20(15)28-21)27-12-18(25)22-8-9-24-13-23-16(10-19(24)26)14-6-7-14/h3-5,10,13-14H,6-9,11-12H2,1-2H3,(H,22,25). The highest BCUT2D eigenvalue weighted by Gasteiger charge is 2.32. The van der Waals surface area contributed by atoms with E-state index < -0.39 is 0 Å². The molecule has 7 nitrogen and oxygen atoms in total. The summed E-state index contributed by atoms with van der Waals surface area (Å²) in [6.45, 7) is 4.66.